The fourth-order valence-electron chi connectivity index (χ4n) is 11.0. The molecule has 1 aromatic heterocycles. The summed E-state index contributed by atoms with van der Waals surface area (Å²) in [5.74, 6) is -8.05. The Labute approximate surface area is 529 Å². The molecule has 4 atom stereocenters. The summed E-state index contributed by atoms with van der Waals surface area (Å²) in [6, 6.07) is 13.2. The molecule has 6 rings (SSSR count). The third-order valence-electron chi connectivity index (χ3n) is 15.8. The predicted octanol–water partition coefficient (Wildman–Crippen LogP) is 1.59. The maximum Gasteiger partial charge on any atom is 0.317 e. The number of aliphatic carboxylic acids is 3. The average Bonchev–Trinajstić information content (AvgIpc) is 2.99. The summed E-state index contributed by atoms with van der Waals surface area (Å²) in [5, 5.41) is 60.9. The quantitative estimate of drug-likeness (QED) is 0.0258. The van der Waals surface area contributed by atoms with Gasteiger partial charge in [-0.05, 0) is 122 Å². The number of halogens is 3. The van der Waals surface area contributed by atoms with Crippen LogP contribution in [0.1, 0.15) is 75.6 Å². The zero-order valence-corrected chi connectivity index (χ0v) is 52.3. The molecule has 3 aliphatic heterocycles. The fourth-order valence-corrected chi connectivity index (χ4v) is 11.3. The minimum absolute atomic E-state index is 0.00646. The van der Waals surface area contributed by atoms with E-state index in [1.165, 1.54) is 6.20 Å². The number of rotatable bonds is 31. The fraction of sp³-hybridized carbons (Fsp3) is 0.600. The van der Waals surface area contributed by atoms with Gasteiger partial charge in [0.1, 0.15) is 30.1 Å². The number of hydrogen-bond donors (Lipinski definition) is 8. The number of nitrogens with zero attached hydrogens (tertiary/aromatic N) is 8. The molecule has 2 aromatic carbocycles. The van der Waals surface area contributed by atoms with Crippen molar-refractivity contribution in [3.8, 4) is 11.8 Å². The number of pyridine rings is 1. The lowest BCUT2D eigenvalue weighted by molar-refractivity contribution is -0.140. The van der Waals surface area contributed by atoms with Crippen LogP contribution < -0.4 is 26.0 Å². The summed E-state index contributed by atoms with van der Waals surface area (Å²) in [6.45, 7) is 1.95. The Morgan fingerprint density at radius 2 is 1.38 bits per heavy atom. The molecule has 0 saturated carbocycles. The number of fused-ring (bicyclic) bond motifs is 1. The van der Waals surface area contributed by atoms with Crippen LogP contribution >= 0.6 is 22.6 Å². The van der Waals surface area contributed by atoms with E-state index in [4.69, 9.17) is 9.47 Å². The standard InChI is InChI=1S/C60H83F2IN12O14/c1-41(59(87)74-19-14-43(15-20-74)5-3-29-89-46-11-12-49-48(32-46)47(13-17-65-49)57(85)67-35-53(78)75-40-60(61,62)33-45(75)34-64)68-58(86)50(16-30-88-31-18-66-51(76)6-2-4-42-7-9-44(63)10-8-42)69-52(77)36-70-21-23-71(37-54(79)80)25-27-73(39-56(83)84)28-26-72(24-22-70)38-55(81)82/h7-13,17,32,41,43,45,50,57,67,85H,2-6,14-16,18-31,33,35-40H2,1H3,(H,66,76)(H,68,86)(H,69,77)(H,79,80)(H,81,82)(H,83,84)/t41-,45+,50-,57?/m0/s1. The van der Waals surface area contributed by atoms with E-state index < -0.39 is 85.4 Å². The first-order valence-corrected chi connectivity index (χ1v) is 31.1. The minimum Gasteiger partial charge on any atom is -0.494 e. The van der Waals surface area contributed by atoms with E-state index in [2.05, 4.69) is 48.8 Å². The van der Waals surface area contributed by atoms with Gasteiger partial charge < -0.3 is 55.7 Å². The van der Waals surface area contributed by atoms with Crippen LogP contribution in [0.5, 0.6) is 5.75 Å². The summed E-state index contributed by atoms with van der Waals surface area (Å²) in [4.78, 5) is 116. The highest BCUT2D eigenvalue weighted by molar-refractivity contribution is 14.1. The Hall–Kier alpha value is -6.79. The average molecular weight is 1360 g/mol. The second-order valence-corrected chi connectivity index (χ2v) is 24.0. The first-order chi connectivity index (χ1) is 42.5. The van der Waals surface area contributed by atoms with Gasteiger partial charge in [-0.15, -0.1) is 0 Å². The second-order valence-electron chi connectivity index (χ2n) is 22.7. The maximum absolute atomic E-state index is 14.1. The third kappa shape index (κ3) is 24.8. The summed E-state index contributed by atoms with van der Waals surface area (Å²) in [7, 11) is 0. The molecule has 3 saturated heterocycles. The van der Waals surface area contributed by atoms with E-state index in [1.54, 1.807) is 61.8 Å². The summed E-state index contributed by atoms with van der Waals surface area (Å²) >= 11 is 2.24. The number of aliphatic hydroxyl groups is 1. The molecule has 89 heavy (non-hydrogen) atoms. The number of nitrogens with one attached hydrogen (secondary N) is 4. The molecule has 0 bridgehead atoms. The van der Waals surface area contributed by atoms with Crippen LogP contribution in [0, 0.1) is 20.8 Å². The number of carboxylic acid groups (broad SMARTS) is 3. The zero-order chi connectivity index (χ0) is 64.5. The molecule has 0 radical (unpaired) electrons. The Kier molecular flexibility index (Phi) is 29.0. The van der Waals surface area contributed by atoms with Crippen molar-refractivity contribution in [2.24, 2.45) is 5.92 Å². The third-order valence-corrected chi connectivity index (χ3v) is 16.6. The zero-order valence-electron chi connectivity index (χ0n) is 50.2. The number of amides is 5. The molecular weight excluding hydrogens is 1280 g/mol. The molecule has 1 unspecified atom stereocenters. The van der Waals surface area contributed by atoms with E-state index in [0.29, 0.717) is 74.0 Å². The summed E-state index contributed by atoms with van der Waals surface area (Å²) < 4.78 is 41.0. The number of ether oxygens (including phenoxy) is 2. The molecule has 26 nitrogen and oxygen atoms in total. The summed E-state index contributed by atoms with van der Waals surface area (Å²) in [5.41, 5.74) is 2.06. The Morgan fingerprint density at radius 1 is 0.775 bits per heavy atom. The molecule has 0 spiro atoms. The highest BCUT2D eigenvalue weighted by Crippen LogP contribution is 2.32. The van der Waals surface area contributed by atoms with Crippen LogP contribution in [-0.2, 0) is 49.5 Å². The van der Waals surface area contributed by atoms with Crippen LogP contribution in [0.15, 0.2) is 54.7 Å². The molecule has 5 amide bonds. The SMILES string of the molecule is C[C@H](NC(=O)[C@H](CCOCCNC(=O)CCCc1ccc(I)cc1)NC(=O)CN1CCN(CC(=O)O)CCN(CC(=O)O)CCN(CC(=O)O)CC1)C(=O)N1CCC(CCCOc2ccc3nccc(C(O)NCC(=O)N4CC(F)(F)C[C@@H]4C#N)c3c2)CC1. The van der Waals surface area contributed by atoms with E-state index >= 15 is 0 Å². The molecule has 4 heterocycles. The van der Waals surface area contributed by atoms with Gasteiger partial charge in [0.25, 0.3) is 5.92 Å². The van der Waals surface area contributed by atoms with Gasteiger partial charge in [0.15, 0.2) is 0 Å². The van der Waals surface area contributed by atoms with Gasteiger partial charge in [-0.1, -0.05) is 12.1 Å². The molecule has 29 heteroatoms. The minimum atomic E-state index is -3.17. The lowest BCUT2D eigenvalue weighted by Gasteiger charge is -2.34. The first-order valence-electron chi connectivity index (χ1n) is 30.1. The van der Waals surface area contributed by atoms with Gasteiger partial charge in [0.2, 0.25) is 29.5 Å². The second kappa shape index (κ2) is 36.2. The predicted molar refractivity (Wildman–Crippen MR) is 328 cm³/mol. The molecular formula is C60H83F2IN12O14. The monoisotopic (exact) mass is 1360 g/mol. The number of benzene rings is 2. The maximum atomic E-state index is 14.1. The van der Waals surface area contributed by atoms with Crippen LogP contribution in [0.25, 0.3) is 10.9 Å². The smallest absolute Gasteiger partial charge is 0.317 e. The van der Waals surface area contributed by atoms with Crippen LogP contribution in [0.4, 0.5) is 8.78 Å². The number of likely N-dealkylation sites (tertiary alicyclic amines) is 2. The van der Waals surface area contributed by atoms with Crippen molar-refractivity contribution in [2.45, 2.75) is 95.0 Å². The normalized spacial score (nSPS) is 18.6. The van der Waals surface area contributed by atoms with Crippen molar-refractivity contribution in [1.29, 1.82) is 5.26 Å². The van der Waals surface area contributed by atoms with Gasteiger partial charge >= 0.3 is 17.9 Å². The van der Waals surface area contributed by atoms with E-state index in [-0.39, 0.29) is 122 Å². The van der Waals surface area contributed by atoms with E-state index in [1.807, 2.05) is 24.3 Å². The van der Waals surface area contributed by atoms with Gasteiger partial charge in [0, 0.05) is 112 Å². The van der Waals surface area contributed by atoms with Gasteiger partial charge in [-0.25, -0.2) is 8.78 Å². The number of nitriles is 1. The molecule has 3 aliphatic rings. The van der Waals surface area contributed by atoms with Crippen molar-refractivity contribution >= 4 is 80.9 Å². The van der Waals surface area contributed by atoms with Gasteiger partial charge in [-0.3, -0.25) is 68.3 Å². The van der Waals surface area contributed by atoms with E-state index in [9.17, 15) is 72.8 Å². The van der Waals surface area contributed by atoms with Crippen LogP contribution in [0.2, 0.25) is 0 Å². The number of aromatic nitrogens is 1. The van der Waals surface area contributed by atoms with Crippen molar-refractivity contribution < 1.29 is 77.0 Å². The number of carbonyl (C=O) groups is 8. The molecule has 3 fully saturated rings. The number of alkyl halides is 2. The Balaban J connectivity index is 0.995. The van der Waals surface area contributed by atoms with Crippen LogP contribution in [0.3, 0.4) is 0 Å². The molecule has 8 N–H and O–H groups in total. The highest BCUT2D eigenvalue weighted by atomic mass is 127. The number of hydrogen-bond acceptors (Lipinski definition) is 18. The van der Waals surface area contributed by atoms with Crippen molar-refractivity contribution in [3.05, 3.63) is 69.4 Å². The van der Waals surface area contributed by atoms with Crippen LogP contribution in [-0.4, -0.2) is 257 Å². The lowest BCUT2D eigenvalue weighted by Crippen LogP contribution is -2.56. The number of aryl methyl sites for hydroxylation is 1. The topological polar surface area (TPSA) is 340 Å². The number of piperidine rings is 1. The first kappa shape index (κ1) is 71.3. The van der Waals surface area contributed by atoms with Crippen molar-refractivity contribution in [1.82, 2.24) is 55.7 Å². The molecule has 488 valence electrons. The number of carboxylic acids is 3. The van der Waals surface area contributed by atoms with Crippen molar-refractivity contribution in [3.63, 3.8) is 0 Å². The van der Waals surface area contributed by atoms with Gasteiger partial charge in [0.05, 0.1) is 64.1 Å². The number of carbonyl (C=O) groups excluding carboxylic acids is 5. The van der Waals surface area contributed by atoms with Crippen molar-refractivity contribution in [2.75, 3.05) is 131 Å². The Bertz CT molecular complexity index is 2870. The number of aliphatic hydroxyl groups excluding tert-OH is 1. The lowest BCUT2D eigenvalue weighted by atomic mass is 9.92. The molecule has 3 aromatic rings. The van der Waals surface area contributed by atoms with Gasteiger partial charge in [-0.2, -0.15) is 5.26 Å². The largest absolute Gasteiger partial charge is 0.494 e. The van der Waals surface area contributed by atoms with E-state index in [0.717, 1.165) is 26.9 Å². The Morgan fingerprint density at radius 3 is 1.98 bits per heavy atom. The molecule has 0 aliphatic carbocycles. The highest BCUT2D eigenvalue weighted by Gasteiger charge is 2.47. The summed E-state index contributed by atoms with van der Waals surface area (Å²) in [6.07, 6.45) is 4.01.